The van der Waals surface area contributed by atoms with Crippen molar-refractivity contribution < 1.29 is 9.90 Å². The number of fused-ring (bicyclic) bond motifs is 1. The highest BCUT2D eigenvalue weighted by atomic mass is 16.4. The summed E-state index contributed by atoms with van der Waals surface area (Å²) >= 11 is 0. The third-order valence-electron chi connectivity index (χ3n) is 3.73. The number of carboxylic acid groups (broad SMARTS) is 1. The van der Waals surface area contributed by atoms with Crippen LogP contribution in [0.15, 0.2) is 12.4 Å². The number of aliphatic carboxylic acids is 1. The van der Waals surface area contributed by atoms with Gasteiger partial charge in [-0.2, -0.15) is 14.6 Å². The number of hydrogen-bond acceptors (Lipinski definition) is 5. The summed E-state index contributed by atoms with van der Waals surface area (Å²) < 4.78 is 1.62. The van der Waals surface area contributed by atoms with Gasteiger partial charge in [-0.1, -0.05) is 12.8 Å². The lowest BCUT2D eigenvalue weighted by atomic mass is 10.2. The topological polar surface area (TPSA) is 83.6 Å². The van der Waals surface area contributed by atoms with Crippen molar-refractivity contribution in [3.8, 4) is 0 Å². The van der Waals surface area contributed by atoms with Gasteiger partial charge in [0.1, 0.15) is 18.7 Å². The lowest BCUT2D eigenvalue weighted by Gasteiger charge is -2.29. The van der Waals surface area contributed by atoms with Crippen molar-refractivity contribution in [2.45, 2.75) is 38.6 Å². The van der Waals surface area contributed by atoms with E-state index in [0.29, 0.717) is 5.78 Å². The van der Waals surface area contributed by atoms with Crippen LogP contribution < -0.4 is 4.90 Å². The Balaban J connectivity index is 2.07. The largest absolute Gasteiger partial charge is 0.480 e. The molecule has 7 nitrogen and oxygen atoms in total. The van der Waals surface area contributed by atoms with E-state index in [9.17, 15) is 9.90 Å². The molecule has 0 bridgehead atoms. The first kappa shape index (κ1) is 12.8. The van der Waals surface area contributed by atoms with Crippen molar-refractivity contribution in [1.82, 2.24) is 19.6 Å². The molecule has 2 aromatic heterocycles. The van der Waals surface area contributed by atoms with E-state index in [-0.39, 0.29) is 12.6 Å². The Hall–Kier alpha value is -2.18. The molecular formula is C13H17N5O2. The maximum atomic E-state index is 11.2. The first-order valence-corrected chi connectivity index (χ1v) is 6.81. The lowest BCUT2D eigenvalue weighted by molar-refractivity contribution is -0.135. The summed E-state index contributed by atoms with van der Waals surface area (Å²) in [5.41, 5.74) is 0.814. The minimum atomic E-state index is -0.834. The van der Waals surface area contributed by atoms with E-state index in [1.807, 2.05) is 17.9 Å². The smallest absolute Gasteiger partial charge is 0.323 e. The Morgan fingerprint density at radius 1 is 1.50 bits per heavy atom. The molecule has 0 unspecified atom stereocenters. The Morgan fingerprint density at radius 3 is 2.95 bits per heavy atom. The quantitative estimate of drug-likeness (QED) is 0.904. The molecule has 0 atom stereocenters. The fraction of sp³-hybridized carbons (Fsp3) is 0.538. The van der Waals surface area contributed by atoms with Crippen LogP contribution in [-0.4, -0.2) is 43.2 Å². The van der Waals surface area contributed by atoms with Gasteiger partial charge >= 0.3 is 5.97 Å². The van der Waals surface area contributed by atoms with E-state index < -0.39 is 5.97 Å². The summed E-state index contributed by atoms with van der Waals surface area (Å²) in [6.07, 6.45) is 5.77. The summed E-state index contributed by atoms with van der Waals surface area (Å²) in [5.74, 6) is 0.437. The van der Waals surface area contributed by atoms with Crippen LogP contribution in [0.25, 0.3) is 5.78 Å². The molecule has 1 aliphatic carbocycles. The molecule has 1 N–H and O–H groups in total. The van der Waals surface area contributed by atoms with Gasteiger partial charge in [0, 0.05) is 17.8 Å². The first-order valence-electron chi connectivity index (χ1n) is 6.81. The van der Waals surface area contributed by atoms with Gasteiger partial charge in [0.05, 0.1) is 0 Å². The second kappa shape index (κ2) is 5.07. The van der Waals surface area contributed by atoms with Crippen LogP contribution in [0.2, 0.25) is 0 Å². The molecule has 2 heterocycles. The molecule has 0 amide bonds. The Labute approximate surface area is 116 Å². The van der Waals surface area contributed by atoms with Crippen molar-refractivity contribution in [3.63, 3.8) is 0 Å². The van der Waals surface area contributed by atoms with Gasteiger partial charge in [-0.25, -0.2) is 4.98 Å². The second-order valence-corrected chi connectivity index (χ2v) is 5.19. The second-order valence-electron chi connectivity index (χ2n) is 5.19. The average Bonchev–Trinajstić information content (AvgIpc) is 3.05. The van der Waals surface area contributed by atoms with Crippen molar-refractivity contribution in [1.29, 1.82) is 0 Å². The average molecular weight is 275 g/mol. The standard InChI is InChI=1S/C13H17N5O2/c1-9-6-11(18-13(16-9)14-8-15-18)17(7-12(19)20)10-4-2-3-5-10/h6,8,10H,2-5,7H2,1H3,(H,19,20). The molecule has 1 aliphatic rings. The highest BCUT2D eigenvalue weighted by Crippen LogP contribution is 2.28. The number of rotatable bonds is 4. The molecule has 7 heteroatoms. The number of nitrogens with zero attached hydrogens (tertiary/aromatic N) is 5. The van der Waals surface area contributed by atoms with Crippen LogP contribution in [0, 0.1) is 6.92 Å². The highest BCUT2D eigenvalue weighted by molar-refractivity contribution is 5.73. The zero-order valence-electron chi connectivity index (χ0n) is 11.4. The molecule has 0 radical (unpaired) electrons. The molecule has 0 aliphatic heterocycles. The van der Waals surface area contributed by atoms with Crippen molar-refractivity contribution in [2.24, 2.45) is 0 Å². The molecule has 0 spiro atoms. The number of aryl methyl sites for hydroxylation is 1. The predicted molar refractivity (Wildman–Crippen MR) is 72.8 cm³/mol. The van der Waals surface area contributed by atoms with Crippen LogP contribution in [0.5, 0.6) is 0 Å². The third-order valence-corrected chi connectivity index (χ3v) is 3.73. The van der Waals surface area contributed by atoms with E-state index >= 15 is 0 Å². The summed E-state index contributed by atoms with van der Waals surface area (Å²) in [5, 5.41) is 13.4. The summed E-state index contributed by atoms with van der Waals surface area (Å²) in [4.78, 5) is 21.5. The van der Waals surface area contributed by atoms with Crippen LogP contribution in [0.1, 0.15) is 31.4 Å². The highest BCUT2D eigenvalue weighted by Gasteiger charge is 2.27. The fourth-order valence-corrected chi connectivity index (χ4v) is 2.87. The van der Waals surface area contributed by atoms with E-state index in [4.69, 9.17) is 0 Å². The Bertz CT molecular complexity index is 633. The van der Waals surface area contributed by atoms with Crippen molar-refractivity contribution in [2.75, 3.05) is 11.4 Å². The minimum absolute atomic E-state index is 0.0247. The Kier molecular flexibility index (Phi) is 3.25. The number of carbonyl (C=O) groups is 1. The molecule has 1 fully saturated rings. The molecule has 2 aromatic rings. The van der Waals surface area contributed by atoms with Crippen LogP contribution in [-0.2, 0) is 4.79 Å². The molecule has 106 valence electrons. The molecule has 3 rings (SSSR count). The monoisotopic (exact) mass is 275 g/mol. The predicted octanol–water partition coefficient (Wildman–Crippen LogP) is 1.27. The Morgan fingerprint density at radius 2 is 2.25 bits per heavy atom. The minimum Gasteiger partial charge on any atom is -0.480 e. The van der Waals surface area contributed by atoms with Gasteiger partial charge < -0.3 is 10.0 Å². The molecule has 20 heavy (non-hydrogen) atoms. The van der Waals surface area contributed by atoms with E-state index in [1.54, 1.807) is 4.52 Å². The number of aromatic nitrogens is 4. The molecule has 0 aromatic carbocycles. The van der Waals surface area contributed by atoms with E-state index in [2.05, 4.69) is 15.1 Å². The van der Waals surface area contributed by atoms with Gasteiger partial charge in [0.15, 0.2) is 0 Å². The number of anilines is 1. The first-order chi connectivity index (χ1) is 9.65. The summed E-state index contributed by atoms with van der Waals surface area (Å²) in [6, 6.07) is 2.13. The normalized spacial score (nSPS) is 15.8. The number of carboxylic acids is 1. The summed E-state index contributed by atoms with van der Waals surface area (Å²) in [7, 11) is 0. The molecule has 1 saturated carbocycles. The maximum Gasteiger partial charge on any atom is 0.323 e. The van der Waals surface area contributed by atoms with Gasteiger partial charge in [0.2, 0.25) is 0 Å². The van der Waals surface area contributed by atoms with E-state index in [1.165, 1.54) is 6.33 Å². The fourth-order valence-electron chi connectivity index (χ4n) is 2.87. The van der Waals surface area contributed by atoms with Crippen LogP contribution in [0.4, 0.5) is 5.82 Å². The van der Waals surface area contributed by atoms with Crippen LogP contribution in [0.3, 0.4) is 0 Å². The van der Waals surface area contributed by atoms with E-state index in [0.717, 1.165) is 37.2 Å². The van der Waals surface area contributed by atoms with Gasteiger partial charge in [0.25, 0.3) is 5.78 Å². The number of hydrogen-bond donors (Lipinski definition) is 1. The SMILES string of the molecule is Cc1cc(N(CC(=O)O)C2CCCC2)n2ncnc2n1. The summed E-state index contributed by atoms with van der Waals surface area (Å²) in [6.45, 7) is 1.86. The van der Waals surface area contributed by atoms with Crippen LogP contribution >= 0.6 is 0 Å². The van der Waals surface area contributed by atoms with Gasteiger partial charge in [-0.3, -0.25) is 4.79 Å². The zero-order chi connectivity index (χ0) is 14.1. The van der Waals surface area contributed by atoms with Gasteiger partial charge in [-0.05, 0) is 19.8 Å². The zero-order valence-corrected chi connectivity index (χ0v) is 11.4. The third kappa shape index (κ3) is 2.31. The molecule has 0 saturated heterocycles. The van der Waals surface area contributed by atoms with Crippen molar-refractivity contribution in [3.05, 3.63) is 18.1 Å². The maximum absolute atomic E-state index is 11.2. The van der Waals surface area contributed by atoms with Crippen molar-refractivity contribution >= 4 is 17.6 Å². The lowest BCUT2D eigenvalue weighted by Crippen LogP contribution is -2.39. The molecular weight excluding hydrogens is 258 g/mol. The van der Waals surface area contributed by atoms with Gasteiger partial charge in [-0.15, -0.1) is 0 Å².